The fraction of sp³-hybridized carbons (Fsp3) is 0.125. The number of para-hydroxylation sites is 4. The van der Waals surface area contributed by atoms with Gasteiger partial charge in [-0.3, -0.25) is 0 Å². The molecule has 2 aromatic heterocycles. The first-order valence-electron chi connectivity index (χ1n) is 16.3. The van der Waals surface area contributed by atoms with E-state index >= 15 is 0 Å². The predicted molar refractivity (Wildman–Crippen MR) is 182 cm³/mol. The van der Waals surface area contributed by atoms with Crippen LogP contribution in [0.5, 0.6) is 0 Å². The van der Waals surface area contributed by atoms with Gasteiger partial charge in [-0.15, -0.1) is 11.5 Å². The molecule has 5 aromatic carbocycles. The maximum absolute atomic E-state index is 7.99. The van der Waals surface area contributed by atoms with Gasteiger partial charge in [-0.2, -0.15) is 47.5 Å². The number of fused-ring (bicyclic) bond motifs is 4. The van der Waals surface area contributed by atoms with Crippen LogP contribution >= 0.6 is 0 Å². The second kappa shape index (κ2) is 11.4. The summed E-state index contributed by atoms with van der Waals surface area (Å²) in [6, 6.07) is 48.5. The van der Waals surface area contributed by atoms with Crippen LogP contribution in [0.4, 0.5) is 22.7 Å². The van der Waals surface area contributed by atoms with Crippen molar-refractivity contribution >= 4 is 44.6 Å². The molecule has 222 valence electrons. The minimum absolute atomic E-state index is 0. The van der Waals surface area contributed by atoms with Gasteiger partial charge in [-0.1, -0.05) is 73.6 Å². The van der Waals surface area contributed by atoms with Gasteiger partial charge in [0.05, 0.1) is 18.0 Å². The largest absolute Gasteiger partial charge is 2.00 e. The van der Waals surface area contributed by atoms with Crippen molar-refractivity contribution in [3.05, 3.63) is 156 Å². The van der Waals surface area contributed by atoms with E-state index in [2.05, 4.69) is 126 Å². The molecule has 45 heavy (non-hydrogen) atoms. The van der Waals surface area contributed by atoms with Crippen molar-refractivity contribution in [3.8, 4) is 5.82 Å². The third-order valence-corrected chi connectivity index (χ3v) is 8.79. The van der Waals surface area contributed by atoms with Crippen molar-refractivity contribution in [2.24, 2.45) is 0 Å². The molecule has 0 fully saturated rings. The van der Waals surface area contributed by atoms with E-state index in [9.17, 15) is 0 Å². The molecule has 0 atom stereocenters. The van der Waals surface area contributed by atoms with Crippen LogP contribution in [-0.4, -0.2) is 16.2 Å². The van der Waals surface area contributed by atoms with Crippen molar-refractivity contribution in [3.63, 3.8) is 0 Å². The van der Waals surface area contributed by atoms with Crippen LogP contribution in [0.3, 0.4) is 0 Å². The van der Waals surface area contributed by atoms with E-state index in [1.54, 1.807) is 18.3 Å². The summed E-state index contributed by atoms with van der Waals surface area (Å²) < 4.78 is 26.0. The first-order chi connectivity index (χ1) is 22.7. The Hall–Kier alpha value is -4.66. The number of anilines is 4. The van der Waals surface area contributed by atoms with Crippen LogP contribution in [0, 0.1) is 19.0 Å². The predicted octanol–water partition coefficient (Wildman–Crippen LogP) is 9.66. The monoisotopic (exact) mass is 766 g/mol. The first kappa shape index (κ1) is 25.6. The molecule has 1 aliphatic rings. The Labute approximate surface area is 283 Å². The molecule has 0 radical (unpaired) electrons. The molecule has 0 saturated carbocycles. The van der Waals surface area contributed by atoms with Gasteiger partial charge in [0, 0.05) is 21.5 Å². The number of aromatic nitrogens is 2. The minimum atomic E-state index is -2.23. The van der Waals surface area contributed by atoms with E-state index in [4.69, 9.17) is 4.11 Å². The molecular weight excluding hydrogens is 732 g/mol. The first-order valence-corrected chi connectivity index (χ1v) is 14.8. The third-order valence-electron chi connectivity index (χ3n) is 8.79. The summed E-state index contributed by atoms with van der Waals surface area (Å²) in [6.07, 6.45) is 1.57. The third kappa shape index (κ3) is 4.85. The molecule has 0 spiro atoms. The number of aryl methyl sites for hydroxylation is 1. The van der Waals surface area contributed by atoms with Crippen molar-refractivity contribution < 1.29 is 25.2 Å². The normalized spacial score (nSPS) is 14.1. The smallest absolute Gasteiger partial charge is 0.345 e. The Morgan fingerprint density at radius 2 is 1.44 bits per heavy atom. The van der Waals surface area contributed by atoms with Gasteiger partial charge in [0.1, 0.15) is 5.82 Å². The zero-order chi connectivity index (χ0) is 32.3. The minimum Gasteiger partial charge on any atom is -0.345 e. The molecule has 3 heterocycles. The standard InChI is InChI=1S/C40H32N4.Pt/c1-28-22-23-41-39(24-28)44-35-17-8-7-16-33(35)34-21-20-30(26-38(34)44)40(2,3)29-12-11-15-32(25-29)43-27-42(31-13-5-4-6-14-31)36-18-9-10-19-37(36)43;/h4-24H,27H2,1-3H3;/q-2;+2/i1D3;. The van der Waals surface area contributed by atoms with Crippen molar-refractivity contribution in [1.82, 2.24) is 9.55 Å². The Morgan fingerprint density at radius 1 is 0.711 bits per heavy atom. The topological polar surface area (TPSA) is 24.3 Å². The summed E-state index contributed by atoms with van der Waals surface area (Å²) in [7, 11) is 0. The van der Waals surface area contributed by atoms with Crippen LogP contribution in [0.25, 0.3) is 27.6 Å². The maximum Gasteiger partial charge on any atom is 2.00 e. The molecule has 5 heteroatoms. The van der Waals surface area contributed by atoms with E-state index < -0.39 is 12.3 Å². The average molecular weight is 767 g/mol. The summed E-state index contributed by atoms with van der Waals surface area (Å²) in [5.74, 6) is 0.556. The Bertz CT molecular complexity index is 2280. The van der Waals surface area contributed by atoms with Crippen LogP contribution in [0.15, 0.2) is 128 Å². The zero-order valence-corrected chi connectivity index (χ0v) is 27.2. The molecule has 1 aliphatic heterocycles. The number of hydrogen-bond acceptors (Lipinski definition) is 3. The number of benzene rings is 5. The van der Waals surface area contributed by atoms with E-state index in [0.717, 1.165) is 50.0 Å². The Balaban J connectivity index is 0.00000364. The van der Waals surface area contributed by atoms with E-state index in [1.165, 1.54) is 5.69 Å². The molecule has 4 nitrogen and oxygen atoms in total. The van der Waals surface area contributed by atoms with Crippen molar-refractivity contribution in [2.75, 3.05) is 16.5 Å². The number of pyridine rings is 1. The molecule has 7 aromatic rings. The number of nitrogens with zero attached hydrogens (tertiary/aromatic N) is 4. The molecule has 0 bridgehead atoms. The van der Waals surface area contributed by atoms with Gasteiger partial charge < -0.3 is 14.4 Å². The summed E-state index contributed by atoms with van der Waals surface area (Å²) in [5.41, 5.74) is 8.13. The summed E-state index contributed by atoms with van der Waals surface area (Å²) >= 11 is 0. The van der Waals surface area contributed by atoms with Crippen molar-refractivity contribution in [2.45, 2.75) is 26.1 Å². The Kier molecular flexibility index (Phi) is 6.47. The quantitative estimate of drug-likeness (QED) is 0.163. The van der Waals surface area contributed by atoms with Crippen LogP contribution in [0.1, 0.15) is 34.7 Å². The zero-order valence-electron chi connectivity index (χ0n) is 27.9. The van der Waals surface area contributed by atoms with Gasteiger partial charge in [-0.25, -0.2) is 4.98 Å². The molecule has 8 rings (SSSR count). The van der Waals surface area contributed by atoms with Gasteiger partial charge in [0.2, 0.25) is 0 Å². The van der Waals surface area contributed by atoms with E-state index in [0.29, 0.717) is 12.5 Å². The number of rotatable bonds is 5. The maximum atomic E-state index is 7.99. The summed E-state index contributed by atoms with van der Waals surface area (Å²) in [4.78, 5) is 9.27. The summed E-state index contributed by atoms with van der Waals surface area (Å²) in [6.45, 7) is 2.86. The van der Waals surface area contributed by atoms with E-state index in [1.807, 2.05) is 28.8 Å². The second-order valence-corrected chi connectivity index (χ2v) is 11.8. The van der Waals surface area contributed by atoms with Gasteiger partial charge >= 0.3 is 21.1 Å². The van der Waals surface area contributed by atoms with Gasteiger partial charge in [0.15, 0.2) is 0 Å². The summed E-state index contributed by atoms with van der Waals surface area (Å²) in [5, 5.41) is 2.10. The number of hydrogen-bond donors (Lipinski definition) is 0. The molecule has 0 aliphatic carbocycles. The molecule has 0 saturated heterocycles. The van der Waals surface area contributed by atoms with Crippen LogP contribution in [-0.2, 0) is 26.5 Å². The molecule has 0 amide bonds. The van der Waals surface area contributed by atoms with Gasteiger partial charge in [-0.05, 0) is 65.7 Å². The van der Waals surface area contributed by atoms with Crippen LogP contribution in [0.2, 0.25) is 0 Å². The Morgan fingerprint density at radius 3 is 2.27 bits per heavy atom. The van der Waals surface area contributed by atoms with Gasteiger partial charge in [0.25, 0.3) is 0 Å². The van der Waals surface area contributed by atoms with E-state index in [-0.39, 0.29) is 26.6 Å². The van der Waals surface area contributed by atoms with Crippen LogP contribution < -0.4 is 9.80 Å². The molecule has 0 N–H and O–H groups in total. The second-order valence-electron chi connectivity index (χ2n) is 11.8. The average Bonchev–Trinajstić information content (AvgIpc) is 3.65. The fourth-order valence-electron chi connectivity index (χ4n) is 6.41. The molecule has 0 unspecified atom stereocenters. The fourth-order valence-corrected chi connectivity index (χ4v) is 6.41. The molecular formula is C40H32N4Pt. The SMILES string of the molecule is [2H]C([2H])([2H])c1ccnc(-n2c3[c-]c(C(C)(C)c4[c-]c(N5CN(c6ccccc6)c6ccccc65)ccc4)ccc3c3ccccc32)c1.[Pt+2]. The van der Waals surface area contributed by atoms with Crippen molar-refractivity contribution in [1.29, 1.82) is 0 Å².